The first kappa shape index (κ1) is 22.7. The van der Waals surface area contributed by atoms with Gasteiger partial charge >= 0.3 is 0 Å². The van der Waals surface area contributed by atoms with Crippen LogP contribution in [-0.4, -0.2) is 36.6 Å². The quantitative estimate of drug-likeness (QED) is 0.465. The van der Waals surface area contributed by atoms with E-state index in [1.807, 2.05) is 20.8 Å². The largest absolute Gasteiger partial charge is 0.490 e. The number of nitrogens with one attached hydrogen (secondary N) is 3. The van der Waals surface area contributed by atoms with Gasteiger partial charge in [-0.2, -0.15) is 0 Å². The van der Waals surface area contributed by atoms with Crippen LogP contribution in [-0.2, 0) is 0 Å². The highest BCUT2D eigenvalue weighted by molar-refractivity contribution is 6.00. The molecule has 168 valence electrons. The van der Waals surface area contributed by atoms with Crippen LogP contribution in [0.4, 0.5) is 0 Å². The van der Waals surface area contributed by atoms with E-state index >= 15 is 0 Å². The van der Waals surface area contributed by atoms with Crippen LogP contribution < -0.4 is 30.5 Å². The lowest BCUT2D eigenvalue weighted by Gasteiger charge is -2.17. The van der Waals surface area contributed by atoms with Crippen molar-refractivity contribution in [1.82, 2.24) is 15.8 Å². The Balaban J connectivity index is 1.81. The number of carbonyl (C=O) groups is 2. The van der Waals surface area contributed by atoms with Crippen LogP contribution in [0.1, 0.15) is 41.5 Å². The molecule has 0 aliphatic carbocycles. The van der Waals surface area contributed by atoms with Gasteiger partial charge in [0.25, 0.3) is 11.8 Å². The molecule has 0 atom stereocenters. The lowest BCUT2D eigenvalue weighted by molar-refractivity contribution is 0.0845. The number of H-pyrrole nitrogens is 1. The number of aromatic amines is 1. The Morgan fingerprint density at radius 2 is 1.47 bits per heavy atom. The summed E-state index contributed by atoms with van der Waals surface area (Å²) in [7, 11) is 0. The molecule has 0 saturated heterocycles. The Morgan fingerprint density at radius 3 is 2.09 bits per heavy atom. The number of benzene rings is 2. The number of hydrazine groups is 1. The van der Waals surface area contributed by atoms with E-state index in [1.165, 1.54) is 18.3 Å². The second-order valence-corrected chi connectivity index (χ2v) is 6.59. The Hall–Kier alpha value is -4.01. The van der Waals surface area contributed by atoms with E-state index in [2.05, 4.69) is 15.8 Å². The van der Waals surface area contributed by atoms with Crippen molar-refractivity contribution < 1.29 is 23.8 Å². The smallest absolute Gasteiger partial charge is 0.275 e. The first-order valence-corrected chi connectivity index (χ1v) is 10.3. The van der Waals surface area contributed by atoms with Crippen molar-refractivity contribution >= 4 is 22.7 Å². The molecule has 3 aromatic rings. The number of amides is 2. The fourth-order valence-corrected chi connectivity index (χ4v) is 3.11. The van der Waals surface area contributed by atoms with Gasteiger partial charge in [0, 0.05) is 22.7 Å². The summed E-state index contributed by atoms with van der Waals surface area (Å²) in [6.45, 7) is 6.56. The molecule has 2 aromatic carbocycles. The van der Waals surface area contributed by atoms with E-state index < -0.39 is 17.2 Å². The summed E-state index contributed by atoms with van der Waals surface area (Å²) in [6, 6.07) is 9.84. The average Bonchev–Trinajstić information content (AvgIpc) is 2.80. The third-order valence-electron chi connectivity index (χ3n) is 4.49. The molecule has 1 heterocycles. The molecule has 0 saturated carbocycles. The van der Waals surface area contributed by atoms with Crippen molar-refractivity contribution in [2.24, 2.45) is 0 Å². The molecular weight excluding hydrogens is 414 g/mol. The average molecular weight is 439 g/mol. The Morgan fingerprint density at radius 1 is 0.875 bits per heavy atom. The highest BCUT2D eigenvalue weighted by Crippen LogP contribution is 2.39. The first-order chi connectivity index (χ1) is 15.5. The predicted molar refractivity (Wildman–Crippen MR) is 119 cm³/mol. The van der Waals surface area contributed by atoms with Gasteiger partial charge in [0.15, 0.2) is 11.5 Å². The van der Waals surface area contributed by atoms with Crippen LogP contribution >= 0.6 is 0 Å². The standard InChI is InChI=1S/C23H25N3O6/c1-4-30-18-11-14(12-19(31-5-2)21(18)32-6-3)22(28)25-26-23(29)16-13-24-17-10-8-7-9-15(17)20(16)27/h7-13H,4-6H2,1-3H3,(H,24,27)(H,25,28)(H,26,29). The van der Waals surface area contributed by atoms with Gasteiger partial charge in [0.05, 0.1) is 19.8 Å². The molecule has 0 radical (unpaired) electrons. The molecular formula is C23H25N3O6. The van der Waals surface area contributed by atoms with Crippen LogP contribution in [0.5, 0.6) is 17.2 Å². The number of pyridine rings is 1. The molecule has 0 bridgehead atoms. The van der Waals surface area contributed by atoms with Crippen molar-refractivity contribution in [1.29, 1.82) is 0 Å². The summed E-state index contributed by atoms with van der Waals surface area (Å²) >= 11 is 0. The van der Waals surface area contributed by atoms with Crippen molar-refractivity contribution in [3.63, 3.8) is 0 Å². The third-order valence-corrected chi connectivity index (χ3v) is 4.49. The summed E-state index contributed by atoms with van der Waals surface area (Å²) in [6.07, 6.45) is 1.31. The maximum atomic E-state index is 12.7. The number of para-hydroxylation sites is 1. The monoisotopic (exact) mass is 439 g/mol. The molecule has 0 aliphatic rings. The normalized spacial score (nSPS) is 10.5. The van der Waals surface area contributed by atoms with Gasteiger partial charge in [-0.3, -0.25) is 25.2 Å². The molecule has 0 aliphatic heterocycles. The molecule has 9 heteroatoms. The number of fused-ring (bicyclic) bond motifs is 1. The van der Waals surface area contributed by atoms with Gasteiger partial charge in [0.2, 0.25) is 11.2 Å². The summed E-state index contributed by atoms with van der Waals surface area (Å²) in [5.41, 5.74) is 4.83. The highest BCUT2D eigenvalue weighted by Gasteiger charge is 2.19. The minimum absolute atomic E-state index is 0.124. The number of rotatable bonds is 8. The molecule has 0 fully saturated rings. The van der Waals surface area contributed by atoms with Gasteiger partial charge in [-0.25, -0.2) is 0 Å². The van der Waals surface area contributed by atoms with E-state index in [0.29, 0.717) is 48.0 Å². The van der Waals surface area contributed by atoms with Gasteiger partial charge < -0.3 is 19.2 Å². The van der Waals surface area contributed by atoms with Crippen molar-refractivity contribution in [2.75, 3.05) is 19.8 Å². The molecule has 2 amide bonds. The second kappa shape index (κ2) is 10.3. The van der Waals surface area contributed by atoms with Gasteiger partial charge in [-0.05, 0) is 45.0 Å². The van der Waals surface area contributed by atoms with Crippen LogP contribution in [0.3, 0.4) is 0 Å². The Labute approximate surface area is 184 Å². The van der Waals surface area contributed by atoms with Crippen molar-refractivity contribution in [3.8, 4) is 17.2 Å². The SMILES string of the molecule is CCOc1cc(C(=O)NNC(=O)c2c[nH]c3ccccc3c2=O)cc(OCC)c1OCC. The fourth-order valence-electron chi connectivity index (χ4n) is 3.11. The number of hydrogen-bond acceptors (Lipinski definition) is 6. The lowest BCUT2D eigenvalue weighted by atomic mass is 10.1. The van der Waals surface area contributed by atoms with Gasteiger partial charge in [-0.1, -0.05) is 12.1 Å². The summed E-state index contributed by atoms with van der Waals surface area (Å²) < 4.78 is 16.8. The third kappa shape index (κ3) is 4.83. The van der Waals surface area contributed by atoms with Crippen LogP contribution in [0.25, 0.3) is 10.9 Å². The van der Waals surface area contributed by atoms with E-state index in [9.17, 15) is 14.4 Å². The fraction of sp³-hybridized carbons (Fsp3) is 0.261. The number of ether oxygens (including phenoxy) is 3. The topological polar surface area (TPSA) is 119 Å². The zero-order valence-corrected chi connectivity index (χ0v) is 18.1. The van der Waals surface area contributed by atoms with Gasteiger partial charge in [0.1, 0.15) is 5.56 Å². The first-order valence-electron chi connectivity index (χ1n) is 10.3. The zero-order chi connectivity index (χ0) is 23.1. The van der Waals surface area contributed by atoms with E-state index in [1.54, 1.807) is 24.3 Å². The summed E-state index contributed by atoms with van der Waals surface area (Å²) in [5.74, 6) is -0.253. The zero-order valence-electron chi connectivity index (χ0n) is 18.1. The van der Waals surface area contributed by atoms with E-state index in [-0.39, 0.29) is 11.1 Å². The minimum atomic E-state index is -0.744. The number of carbonyl (C=O) groups excluding carboxylic acids is 2. The number of hydrogen-bond donors (Lipinski definition) is 3. The second-order valence-electron chi connectivity index (χ2n) is 6.59. The molecule has 32 heavy (non-hydrogen) atoms. The predicted octanol–water partition coefficient (Wildman–Crippen LogP) is 2.80. The maximum absolute atomic E-state index is 12.7. The van der Waals surface area contributed by atoms with E-state index in [0.717, 1.165) is 0 Å². The van der Waals surface area contributed by atoms with Crippen molar-refractivity contribution in [3.05, 3.63) is 63.9 Å². The lowest BCUT2D eigenvalue weighted by Crippen LogP contribution is -2.43. The van der Waals surface area contributed by atoms with Crippen LogP contribution in [0.15, 0.2) is 47.4 Å². The molecule has 1 aromatic heterocycles. The Kier molecular flexibility index (Phi) is 7.33. The van der Waals surface area contributed by atoms with Crippen LogP contribution in [0, 0.1) is 0 Å². The summed E-state index contributed by atoms with van der Waals surface area (Å²) in [5, 5.41) is 0.376. The molecule has 3 N–H and O–H groups in total. The highest BCUT2D eigenvalue weighted by atomic mass is 16.5. The van der Waals surface area contributed by atoms with Crippen molar-refractivity contribution in [2.45, 2.75) is 20.8 Å². The molecule has 9 nitrogen and oxygen atoms in total. The molecule has 0 spiro atoms. The van der Waals surface area contributed by atoms with E-state index in [4.69, 9.17) is 14.2 Å². The van der Waals surface area contributed by atoms with Gasteiger partial charge in [-0.15, -0.1) is 0 Å². The molecule has 3 rings (SSSR count). The maximum Gasteiger partial charge on any atom is 0.275 e. The number of aromatic nitrogens is 1. The molecule has 0 unspecified atom stereocenters. The van der Waals surface area contributed by atoms with Crippen LogP contribution in [0.2, 0.25) is 0 Å². The minimum Gasteiger partial charge on any atom is -0.490 e. The Bertz CT molecular complexity index is 1160. The summed E-state index contributed by atoms with van der Waals surface area (Å²) in [4.78, 5) is 40.7.